The van der Waals surface area contributed by atoms with E-state index in [1.807, 2.05) is 6.08 Å². The van der Waals surface area contributed by atoms with E-state index >= 15 is 0 Å². The van der Waals surface area contributed by atoms with E-state index in [1.165, 1.54) is 109 Å². The Morgan fingerprint density at radius 3 is 1.14 bits per heavy atom. The van der Waals surface area contributed by atoms with Gasteiger partial charge in [0.15, 0.2) is 0 Å². The summed E-state index contributed by atoms with van der Waals surface area (Å²) in [5.41, 5.74) is 0. The molecule has 0 aliphatic rings. The zero-order chi connectivity index (χ0) is 20.8. The van der Waals surface area contributed by atoms with Crippen molar-refractivity contribution < 1.29 is 18.9 Å². The Bertz CT molecular complexity index is 368. The monoisotopic (exact) mass is 418 g/mol. The molecule has 0 atom stereocenters. The van der Waals surface area contributed by atoms with Gasteiger partial charge in [-0.1, -0.05) is 115 Å². The van der Waals surface area contributed by atoms with Crippen LogP contribution < -0.4 is 0 Å². The van der Waals surface area contributed by atoms with E-state index in [0.717, 1.165) is 19.3 Å². The summed E-state index contributed by atoms with van der Waals surface area (Å²) in [6, 6.07) is 0. The molecule has 0 aromatic heterocycles. The number of allylic oxidation sites excluding steroid dienone is 1. The quantitative estimate of drug-likeness (QED) is 0.0999. The summed E-state index contributed by atoms with van der Waals surface area (Å²) in [5.74, 6) is 0. The van der Waals surface area contributed by atoms with Gasteiger partial charge in [-0.15, -0.1) is 6.58 Å². The molecule has 0 amide bonds. The van der Waals surface area contributed by atoms with Crippen molar-refractivity contribution in [2.45, 2.75) is 128 Å². The Kier molecular flexibility index (Phi) is 21.4. The highest BCUT2D eigenvalue weighted by Gasteiger charge is 2.12. The fourth-order valence-corrected chi connectivity index (χ4v) is 3.95. The van der Waals surface area contributed by atoms with Crippen LogP contribution in [0.5, 0.6) is 0 Å². The Morgan fingerprint density at radius 1 is 0.571 bits per heavy atom. The molecular formula is C23H47O4P. The van der Waals surface area contributed by atoms with Gasteiger partial charge in [0.1, 0.15) is 0 Å². The first-order chi connectivity index (χ1) is 13.6. The number of hydrogen-bond donors (Lipinski definition) is 2. The maximum absolute atomic E-state index is 10.5. The van der Waals surface area contributed by atoms with Crippen LogP contribution >= 0.6 is 7.82 Å². The highest BCUT2D eigenvalue weighted by Crippen LogP contribution is 2.35. The van der Waals surface area contributed by atoms with Crippen molar-refractivity contribution >= 4 is 7.82 Å². The third-order valence-corrected chi connectivity index (χ3v) is 5.83. The van der Waals surface area contributed by atoms with Gasteiger partial charge in [-0.05, 0) is 19.3 Å². The topological polar surface area (TPSA) is 66.8 Å². The van der Waals surface area contributed by atoms with Gasteiger partial charge in [0.05, 0.1) is 6.61 Å². The standard InChI is InChI=1S/C23H47O4P/c1-2-3-4-5-6-7-8-9-10-11-12-13-14-15-16-17-18-19-20-21-22-23-27-28(24,25)26/h2H,1,3-23H2,(H2,24,25,26). The zero-order valence-electron chi connectivity index (χ0n) is 18.3. The molecule has 2 N–H and O–H groups in total. The first-order valence-electron chi connectivity index (χ1n) is 11.9. The molecule has 0 bridgehead atoms. The van der Waals surface area contributed by atoms with Gasteiger partial charge in [-0.25, -0.2) is 4.57 Å². The number of phosphoric ester groups is 1. The maximum Gasteiger partial charge on any atom is 0.469 e. The molecule has 0 aliphatic carbocycles. The van der Waals surface area contributed by atoms with Crippen LogP contribution in [0.3, 0.4) is 0 Å². The molecular weight excluding hydrogens is 371 g/mol. The summed E-state index contributed by atoms with van der Waals surface area (Å²) in [6.07, 6.45) is 28.1. The molecule has 0 aliphatic heterocycles. The molecule has 0 aromatic carbocycles. The van der Waals surface area contributed by atoms with E-state index < -0.39 is 7.82 Å². The van der Waals surface area contributed by atoms with Crippen molar-refractivity contribution in [3.63, 3.8) is 0 Å². The van der Waals surface area contributed by atoms with E-state index in [0.29, 0.717) is 0 Å². The predicted molar refractivity (Wildman–Crippen MR) is 121 cm³/mol. The van der Waals surface area contributed by atoms with Gasteiger partial charge in [-0.3, -0.25) is 4.52 Å². The Labute approximate surface area is 174 Å². The van der Waals surface area contributed by atoms with Gasteiger partial charge in [0.25, 0.3) is 0 Å². The van der Waals surface area contributed by atoms with E-state index in [4.69, 9.17) is 9.79 Å². The molecule has 0 aromatic rings. The van der Waals surface area contributed by atoms with Crippen molar-refractivity contribution in [3.05, 3.63) is 12.7 Å². The van der Waals surface area contributed by atoms with Gasteiger partial charge in [-0.2, -0.15) is 0 Å². The zero-order valence-corrected chi connectivity index (χ0v) is 19.2. The molecule has 28 heavy (non-hydrogen) atoms. The predicted octanol–water partition coefficient (Wildman–Crippen LogP) is 8.08. The second kappa shape index (κ2) is 21.6. The molecule has 5 heteroatoms. The average molecular weight is 419 g/mol. The molecule has 168 valence electrons. The second-order valence-electron chi connectivity index (χ2n) is 8.12. The average Bonchev–Trinajstić information content (AvgIpc) is 2.65. The molecule has 0 rings (SSSR count). The smallest absolute Gasteiger partial charge is 0.303 e. The Hall–Kier alpha value is -0.150. The number of hydrogen-bond acceptors (Lipinski definition) is 2. The summed E-state index contributed by atoms with van der Waals surface area (Å²) in [6.45, 7) is 3.93. The molecule has 0 heterocycles. The highest BCUT2D eigenvalue weighted by atomic mass is 31.2. The van der Waals surface area contributed by atoms with E-state index in [9.17, 15) is 4.57 Å². The van der Waals surface area contributed by atoms with Gasteiger partial charge in [0.2, 0.25) is 0 Å². The van der Waals surface area contributed by atoms with Crippen molar-refractivity contribution in [2.75, 3.05) is 6.61 Å². The number of phosphoric acid groups is 1. The third-order valence-electron chi connectivity index (χ3n) is 5.31. The van der Waals surface area contributed by atoms with Crippen LogP contribution in [0.25, 0.3) is 0 Å². The normalized spacial score (nSPS) is 11.8. The summed E-state index contributed by atoms with van der Waals surface area (Å²) < 4.78 is 14.9. The van der Waals surface area contributed by atoms with Crippen molar-refractivity contribution in [1.29, 1.82) is 0 Å². The lowest BCUT2D eigenvalue weighted by Gasteiger charge is -2.05. The molecule has 0 fully saturated rings. The van der Waals surface area contributed by atoms with Crippen LogP contribution in [-0.2, 0) is 9.09 Å². The van der Waals surface area contributed by atoms with Crippen LogP contribution in [0, 0.1) is 0 Å². The second-order valence-corrected chi connectivity index (χ2v) is 9.36. The van der Waals surface area contributed by atoms with Gasteiger partial charge < -0.3 is 9.79 Å². The van der Waals surface area contributed by atoms with Crippen molar-refractivity contribution in [2.24, 2.45) is 0 Å². The lowest BCUT2D eigenvalue weighted by Crippen LogP contribution is -1.92. The number of rotatable bonds is 23. The molecule has 0 spiro atoms. The summed E-state index contributed by atoms with van der Waals surface area (Å²) >= 11 is 0. The highest BCUT2D eigenvalue weighted by molar-refractivity contribution is 7.46. The van der Waals surface area contributed by atoms with Crippen molar-refractivity contribution in [3.8, 4) is 0 Å². The van der Waals surface area contributed by atoms with Crippen LogP contribution in [0.1, 0.15) is 128 Å². The van der Waals surface area contributed by atoms with Crippen LogP contribution in [0.4, 0.5) is 0 Å². The summed E-state index contributed by atoms with van der Waals surface area (Å²) in [7, 11) is -4.26. The van der Waals surface area contributed by atoms with E-state index in [-0.39, 0.29) is 6.61 Å². The molecule has 4 nitrogen and oxygen atoms in total. The molecule has 0 radical (unpaired) electrons. The van der Waals surface area contributed by atoms with Crippen LogP contribution in [0.2, 0.25) is 0 Å². The summed E-state index contributed by atoms with van der Waals surface area (Å²) in [4.78, 5) is 17.1. The first-order valence-corrected chi connectivity index (χ1v) is 13.4. The lowest BCUT2D eigenvalue weighted by molar-refractivity contribution is 0.193. The van der Waals surface area contributed by atoms with Crippen molar-refractivity contribution in [1.82, 2.24) is 0 Å². The SMILES string of the molecule is C=CCCCCCCCCCCCCCCCCCCCCCOP(=O)(O)O. The van der Waals surface area contributed by atoms with Crippen LogP contribution in [0.15, 0.2) is 12.7 Å². The van der Waals surface area contributed by atoms with Gasteiger partial charge >= 0.3 is 7.82 Å². The molecule has 0 saturated carbocycles. The Morgan fingerprint density at radius 2 is 0.857 bits per heavy atom. The third kappa shape index (κ3) is 25.9. The minimum Gasteiger partial charge on any atom is -0.303 e. The fraction of sp³-hybridized carbons (Fsp3) is 0.913. The minimum absolute atomic E-state index is 0.167. The fourth-order valence-electron chi connectivity index (χ4n) is 3.58. The van der Waals surface area contributed by atoms with Crippen LogP contribution in [-0.4, -0.2) is 16.4 Å². The van der Waals surface area contributed by atoms with E-state index in [1.54, 1.807) is 0 Å². The number of unbranched alkanes of at least 4 members (excludes halogenated alkanes) is 19. The molecule has 0 unspecified atom stereocenters. The molecule has 0 saturated heterocycles. The largest absolute Gasteiger partial charge is 0.469 e. The van der Waals surface area contributed by atoms with Gasteiger partial charge in [0, 0.05) is 0 Å². The van der Waals surface area contributed by atoms with E-state index in [2.05, 4.69) is 11.1 Å². The minimum atomic E-state index is -4.26. The Balaban J connectivity index is 3.03. The maximum atomic E-state index is 10.5. The summed E-state index contributed by atoms with van der Waals surface area (Å²) in [5, 5.41) is 0. The lowest BCUT2D eigenvalue weighted by atomic mass is 10.0. The first kappa shape index (κ1) is 27.8.